The Labute approximate surface area is 60.6 Å². The van der Waals surface area contributed by atoms with Crippen molar-refractivity contribution in [2.45, 2.75) is 33.1 Å². The van der Waals surface area contributed by atoms with Crippen LogP contribution in [0.2, 0.25) is 0 Å². The lowest BCUT2D eigenvalue weighted by molar-refractivity contribution is 0.0829. The summed E-state index contributed by atoms with van der Waals surface area (Å²) in [5, 5.41) is 0. The molecule has 2 heteroatoms. The second kappa shape index (κ2) is 2.18. The van der Waals surface area contributed by atoms with Crippen LogP contribution in [-0.4, -0.2) is 5.92 Å². The van der Waals surface area contributed by atoms with Gasteiger partial charge in [-0.25, -0.2) is 8.78 Å². The highest BCUT2D eigenvalue weighted by Crippen LogP contribution is 2.57. The van der Waals surface area contributed by atoms with Gasteiger partial charge in [-0.3, -0.25) is 0 Å². The molecule has 0 saturated heterocycles. The van der Waals surface area contributed by atoms with E-state index in [1.165, 1.54) is 0 Å². The van der Waals surface area contributed by atoms with Gasteiger partial charge in [0.25, 0.3) is 5.92 Å². The minimum absolute atomic E-state index is 0.326. The van der Waals surface area contributed by atoms with Crippen molar-refractivity contribution in [1.29, 1.82) is 0 Å². The van der Waals surface area contributed by atoms with Crippen molar-refractivity contribution in [2.75, 3.05) is 0 Å². The SMILES string of the molecule is CC(C)CC1C(C)C1(F)F. The molecule has 10 heavy (non-hydrogen) atoms. The molecule has 0 heterocycles. The molecule has 1 rings (SSSR count). The quantitative estimate of drug-likeness (QED) is 0.564. The van der Waals surface area contributed by atoms with Crippen LogP contribution >= 0.6 is 0 Å². The third-order valence-corrected chi connectivity index (χ3v) is 2.32. The van der Waals surface area contributed by atoms with E-state index in [0.29, 0.717) is 12.3 Å². The molecule has 2 unspecified atom stereocenters. The first-order chi connectivity index (χ1) is 4.46. The Bertz CT molecular complexity index is 129. The molecule has 1 fully saturated rings. The lowest BCUT2D eigenvalue weighted by Gasteiger charge is -2.00. The highest BCUT2D eigenvalue weighted by atomic mass is 19.3. The fourth-order valence-corrected chi connectivity index (χ4v) is 1.43. The third-order valence-electron chi connectivity index (χ3n) is 2.32. The molecule has 0 spiro atoms. The number of hydrogen-bond donors (Lipinski definition) is 0. The second-order valence-corrected chi connectivity index (χ2v) is 3.70. The van der Waals surface area contributed by atoms with E-state index < -0.39 is 5.92 Å². The summed E-state index contributed by atoms with van der Waals surface area (Å²) in [4.78, 5) is 0. The van der Waals surface area contributed by atoms with Gasteiger partial charge < -0.3 is 0 Å². The Kier molecular flexibility index (Phi) is 1.73. The van der Waals surface area contributed by atoms with Crippen molar-refractivity contribution in [1.82, 2.24) is 0 Å². The van der Waals surface area contributed by atoms with E-state index in [9.17, 15) is 8.78 Å². The standard InChI is InChI=1S/C8H14F2/c1-5(2)4-7-6(3)8(7,9)10/h5-7H,4H2,1-3H3. The van der Waals surface area contributed by atoms with E-state index in [-0.39, 0.29) is 11.8 Å². The van der Waals surface area contributed by atoms with Crippen LogP contribution in [0.15, 0.2) is 0 Å². The third kappa shape index (κ3) is 1.16. The molecule has 1 saturated carbocycles. The summed E-state index contributed by atoms with van der Waals surface area (Å²) in [6, 6.07) is 0. The van der Waals surface area contributed by atoms with Gasteiger partial charge in [0.1, 0.15) is 0 Å². The molecule has 2 atom stereocenters. The van der Waals surface area contributed by atoms with E-state index >= 15 is 0 Å². The van der Waals surface area contributed by atoms with Gasteiger partial charge in [0, 0.05) is 11.8 Å². The molecule has 1 aliphatic carbocycles. The van der Waals surface area contributed by atoms with E-state index in [4.69, 9.17) is 0 Å². The maximum Gasteiger partial charge on any atom is 0.254 e. The fourth-order valence-electron chi connectivity index (χ4n) is 1.43. The zero-order valence-electron chi connectivity index (χ0n) is 6.70. The van der Waals surface area contributed by atoms with Crippen molar-refractivity contribution < 1.29 is 8.78 Å². The fraction of sp³-hybridized carbons (Fsp3) is 1.00. The van der Waals surface area contributed by atoms with Gasteiger partial charge in [-0.05, 0) is 12.3 Å². The lowest BCUT2D eigenvalue weighted by Crippen LogP contribution is -1.97. The largest absolute Gasteiger partial charge is 0.254 e. The van der Waals surface area contributed by atoms with Crippen molar-refractivity contribution >= 4 is 0 Å². The summed E-state index contributed by atoms with van der Waals surface area (Å²) in [5.41, 5.74) is 0. The van der Waals surface area contributed by atoms with Crippen LogP contribution < -0.4 is 0 Å². The van der Waals surface area contributed by atoms with Crippen molar-refractivity contribution in [3.8, 4) is 0 Å². The summed E-state index contributed by atoms with van der Waals surface area (Å²) in [6.45, 7) is 5.61. The average molecular weight is 148 g/mol. The van der Waals surface area contributed by atoms with E-state index in [0.717, 1.165) is 0 Å². The first-order valence-corrected chi connectivity index (χ1v) is 3.84. The summed E-state index contributed by atoms with van der Waals surface area (Å²) in [6.07, 6.45) is 0.675. The molecule has 0 aromatic heterocycles. The van der Waals surface area contributed by atoms with Crippen molar-refractivity contribution in [3.05, 3.63) is 0 Å². The Morgan fingerprint density at radius 3 is 1.90 bits per heavy atom. The van der Waals surface area contributed by atoms with Gasteiger partial charge in [0.05, 0.1) is 0 Å². The molecule has 0 nitrogen and oxygen atoms in total. The van der Waals surface area contributed by atoms with Crippen LogP contribution in [0, 0.1) is 17.8 Å². The van der Waals surface area contributed by atoms with Crippen molar-refractivity contribution in [3.63, 3.8) is 0 Å². The van der Waals surface area contributed by atoms with Gasteiger partial charge in [-0.15, -0.1) is 0 Å². The van der Waals surface area contributed by atoms with Crippen LogP contribution in [0.5, 0.6) is 0 Å². The molecule has 1 aliphatic rings. The van der Waals surface area contributed by atoms with Crippen molar-refractivity contribution in [2.24, 2.45) is 17.8 Å². The van der Waals surface area contributed by atoms with Crippen LogP contribution in [0.3, 0.4) is 0 Å². The Hall–Kier alpha value is -0.140. The Morgan fingerprint density at radius 1 is 1.40 bits per heavy atom. The first kappa shape index (κ1) is 7.96. The summed E-state index contributed by atoms with van der Waals surface area (Å²) < 4.78 is 25.1. The molecular weight excluding hydrogens is 134 g/mol. The zero-order valence-corrected chi connectivity index (χ0v) is 6.70. The normalized spacial score (nSPS) is 36.6. The van der Waals surface area contributed by atoms with Crippen LogP contribution in [0.25, 0.3) is 0 Å². The number of rotatable bonds is 2. The molecule has 0 radical (unpaired) electrons. The average Bonchev–Trinajstić information content (AvgIpc) is 2.17. The molecule has 60 valence electrons. The highest BCUT2D eigenvalue weighted by Gasteiger charge is 2.64. The number of alkyl halides is 2. The van der Waals surface area contributed by atoms with Crippen LogP contribution in [-0.2, 0) is 0 Å². The topological polar surface area (TPSA) is 0 Å². The van der Waals surface area contributed by atoms with E-state index in [1.54, 1.807) is 6.92 Å². The molecule has 0 aliphatic heterocycles. The Morgan fingerprint density at radius 2 is 1.80 bits per heavy atom. The van der Waals surface area contributed by atoms with Gasteiger partial charge in [-0.1, -0.05) is 20.8 Å². The molecule has 0 aromatic rings. The Balaban J connectivity index is 2.35. The molecule has 0 N–H and O–H groups in total. The predicted octanol–water partition coefficient (Wildman–Crippen LogP) is 2.93. The minimum atomic E-state index is -2.34. The van der Waals surface area contributed by atoms with Crippen LogP contribution in [0.1, 0.15) is 27.2 Å². The lowest BCUT2D eigenvalue weighted by atomic mass is 10.1. The molecular formula is C8H14F2. The van der Waals surface area contributed by atoms with E-state index in [2.05, 4.69) is 0 Å². The maximum absolute atomic E-state index is 12.6. The maximum atomic E-state index is 12.6. The monoisotopic (exact) mass is 148 g/mol. The first-order valence-electron chi connectivity index (χ1n) is 3.84. The number of hydrogen-bond acceptors (Lipinski definition) is 0. The highest BCUT2D eigenvalue weighted by molar-refractivity contribution is 5.02. The summed E-state index contributed by atoms with van der Waals surface area (Å²) >= 11 is 0. The number of halogens is 2. The summed E-state index contributed by atoms with van der Waals surface area (Å²) in [5.74, 6) is -2.63. The predicted molar refractivity (Wildman–Crippen MR) is 37.1 cm³/mol. The molecule has 0 amide bonds. The van der Waals surface area contributed by atoms with E-state index in [1.807, 2.05) is 13.8 Å². The van der Waals surface area contributed by atoms with Gasteiger partial charge >= 0.3 is 0 Å². The minimum Gasteiger partial charge on any atom is -0.206 e. The van der Waals surface area contributed by atoms with Gasteiger partial charge in [-0.2, -0.15) is 0 Å². The molecule has 0 aromatic carbocycles. The molecule has 0 bridgehead atoms. The zero-order chi connectivity index (χ0) is 7.94. The van der Waals surface area contributed by atoms with Gasteiger partial charge in [0.2, 0.25) is 0 Å². The summed E-state index contributed by atoms with van der Waals surface area (Å²) in [7, 11) is 0. The van der Waals surface area contributed by atoms with Gasteiger partial charge in [0.15, 0.2) is 0 Å². The smallest absolute Gasteiger partial charge is 0.206 e. The van der Waals surface area contributed by atoms with Crippen LogP contribution in [0.4, 0.5) is 8.78 Å². The second-order valence-electron chi connectivity index (χ2n) is 3.70.